The number of hydrogen-bond donors (Lipinski definition) is 1. The molecule has 4 rings (SSSR count). The van der Waals surface area contributed by atoms with Crippen LogP contribution in [0.5, 0.6) is 0 Å². The highest BCUT2D eigenvalue weighted by Crippen LogP contribution is 2.52. The summed E-state index contributed by atoms with van der Waals surface area (Å²) in [5, 5.41) is 11.3. The number of aryl methyl sites for hydroxylation is 1. The van der Waals surface area contributed by atoms with Gasteiger partial charge in [0.2, 0.25) is 5.91 Å². The average molecular weight is 379 g/mol. The predicted octanol–water partition coefficient (Wildman–Crippen LogP) is 3.08. The smallest absolute Gasteiger partial charge is 0.226 e. The normalized spacial score (nSPS) is 23.2. The summed E-state index contributed by atoms with van der Waals surface area (Å²) in [7, 11) is 4.06. The van der Waals surface area contributed by atoms with Gasteiger partial charge in [0.1, 0.15) is 0 Å². The van der Waals surface area contributed by atoms with Gasteiger partial charge < -0.3 is 14.9 Å². The third-order valence-corrected chi connectivity index (χ3v) is 6.72. The number of likely N-dealkylation sites (tertiary alicyclic amines) is 1. The zero-order valence-electron chi connectivity index (χ0n) is 17.1. The van der Waals surface area contributed by atoms with E-state index in [0.29, 0.717) is 19.5 Å². The number of hydrogen-bond acceptors (Lipinski definition) is 3. The number of carbonyl (C=O) groups excluding carboxylic acids is 1. The molecular weight excluding hydrogens is 348 g/mol. The molecule has 2 aliphatic rings. The number of benzene rings is 2. The van der Waals surface area contributed by atoms with E-state index in [-0.39, 0.29) is 17.4 Å². The number of likely N-dealkylation sites (N-methyl/N-ethyl adjacent to an activating group) is 1. The lowest BCUT2D eigenvalue weighted by Crippen LogP contribution is -2.50. The van der Waals surface area contributed by atoms with Gasteiger partial charge >= 0.3 is 0 Å². The number of fused-ring (bicyclic) bond motifs is 2. The monoisotopic (exact) mass is 378 g/mol. The fourth-order valence-corrected chi connectivity index (χ4v) is 5.11. The molecule has 0 aromatic heterocycles. The van der Waals surface area contributed by atoms with Crippen LogP contribution in [0.25, 0.3) is 0 Å². The van der Waals surface area contributed by atoms with Crippen LogP contribution < -0.4 is 0 Å². The van der Waals surface area contributed by atoms with E-state index in [1.165, 1.54) is 16.7 Å². The third-order valence-electron chi connectivity index (χ3n) is 6.72. The first kappa shape index (κ1) is 19.2. The molecule has 0 radical (unpaired) electrons. The average Bonchev–Trinajstić information content (AvgIpc) is 2.93. The summed E-state index contributed by atoms with van der Waals surface area (Å²) in [6.45, 7) is 3.47. The van der Waals surface area contributed by atoms with Crippen LogP contribution in [0, 0.1) is 6.92 Å². The van der Waals surface area contributed by atoms with E-state index in [1.807, 2.05) is 31.1 Å². The van der Waals surface area contributed by atoms with Crippen LogP contribution in [0.3, 0.4) is 0 Å². The van der Waals surface area contributed by atoms with E-state index >= 15 is 0 Å². The molecule has 2 aromatic carbocycles. The Labute approximate surface area is 167 Å². The largest absolute Gasteiger partial charge is 0.390 e. The van der Waals surface area contributed by atoms with Crippen molar-refractivity contribution >= 4 is 5.91 Å². The molecule has 1 N–H and O–H groups in total. The lowest BCUT2D eigenvalue weighted by Gasteiger charge is -2.43. The van der Waals surface area contributed by atoms with E-state index in [4.69, 9.17) is 0 Å². The van der Waals surface area contributed by atoms with Gasteiger partial charge in [-0.25, -0.2) is 0 Å². The molecule has 1 aliphatic heterocycles. The molecular formula is C24H30N2O2. The van der Waals surface area contributed by atoms with Crippen molar-refractivity contribution in [3.05, 3.63) is 70.8 Å². The van der Waals surface area contributed by atoms with Crippen molar-refractivity contribution in [2.75, 3.05) is 27.2 Å². The van der Waals surface area contributed by atoms with Gasteiger partial charge in [0.05, 0.1) is 18.6 Å². The van der Waals surface area contributed by atoms with Crippen LogP contribution in [-0.2, 0) is 16.6 Å². The highest BCUT2D eigenvalue weighted by molar-refractivity contribution is 5.79. The lowest BCUT2D eigenvalue weighted by molar-refractivity contribution is -0.133. The first-order chi connectivity index (χ1) is 13.4. The van der Waals surface area contributed by atoms with Crippen molar-refractivity contribution < 1.29 is 9.90 Å². The van der Waals surface area contributed by atoms with E-state index in [0.717, 1.165) is 18.4 Å². The van der Waals surface area contributed by atoms with E-state index < -0.39 is 6.10 Å². The van der Waals surface area contributed by atoms with Gasteiger partial charge in [-0.15, -0.1) is 0 Å². The number of nitrogens with zero attached hydrogens (tertiary/aromatic N) is 2. The zero-order valence-corrected chi connectivity index (χ0v) is 17.1. The van der Waals surface area contributed by atoms with Gasteiger partial charge in [0, 0.05) is 18.5 Å². The Bertz CT molecular complexity index is 851. The van der Waals surface area contributed by atoms with E-state index in [1.54, 1.807) is 0 Å². The minimum atomic E-state index is -0.436. The standard InChI is InChI=1S/C24H30N2O2/c1-17-8-10-18(11-9-17)16-21(27)26-14-12-24(13-15-26)20-7-5-4-6-19(20)22(23(24)28)25(2)3/h4-11,22-23,28H,12-16H2,1-3H3/t22-,23+/m1/s1. The molecule has 4 nitrogen and oxygen atoms in total. The van der Waals surface area contributed by atoms with Crippen molar-refractivity contribution in [1.29, 1.82) is 0 Å². The van der Waals surface area contributed by atoms with Crippen LogP contribution in [0.1, 0.15) is 41.1 Å². The minimum Gasteiger partial charge on any atom is -0.390 e. The fraction of sp³-hybridized carbons (Fsp3) is 0.458. The molecule has 1 saturated heterocycles. The van der Waals surface area contributed by atoms with Gasteiger partial charge in [-0.1, -0.05) is 54.1 Å². The van der Waals surface area contributed by atoms with Gasteiger partial charge in [0.25, 0.3) is 0 Å². The Balaban J connectivity index is 1.50. The van der Waals surface area contributed by atoms with Crippen molar-refractivity contribution in [3.63, 3.8) is 0 Å². The zero-order chi connectivity index (χ0) is 19.9. The molecule has 0 saturated carbocycles. The number of rotatable bonds is 3. The summed E-state index contributed by atoms with van der Waals surface area (Å²) in [6, 6.07) is 16.7. The highest BCUT2D eigenvalue weighted by Gasteiger charge is 2.53. The Morgan fingerprint density at radius 3 is 2.39 bits per heavy atom. The van der Waals surface area contributed by atoms with Crippen molar-refractivity contribution in [1.82, 2.24) is 9.80 Å². The quantitative estimate of drug-likeness (QED) is 0.893. The van der Waals surface area contributed by atoms with Gasteiger partial charge in [-0.05, 0) is 50.6 Å². The van der Waals surface area contributed by atoms with Gasteiger partial charge in [-0.3, -0.25) is 4.79 Å². The van der Waals surface area contributed by atoms with Crippen LogP contribution >= 0.6 is 0 Å². The highest BCUT2D eigenvalue weighted by atomic mass is 16.3. The van der Waals surface area contributed by atoms with E-state index in [2.05, 4.69) is 48.2 Å². The van der Waals surface area contributed by atoms with Crippen molar-refractivity contribution in [2.24, 2.45) is 0 Å². The first-order valence-corrected chi connectivity index (χ1v) is 10.2. The van der Waals surface area contributed by atoms with Crippen LogP contribution in [0.4, 0.5) is 0 Å². The molecule has 4 heteroatoms. The van der Waals surface area contributed by atoms with Crippen LogP contribution in [0.2, 0.25) is 0 Å². The summed E-state index contributed by atoms with van der Waals surface area (Å²) < 4.78 is 0. The molecule has 0 bridgehead atoms. The molecule has 28 heavy (non-hydrogen) atoms. The number of piperidine rings is 1. The minimum absolute atomic E-state index is 0.0195. The lowest BCUT2D eigenvalue weighted by atomic mass is 9.72. The van der Waals surface area contributed by atoms with Crippen molar-refractivity contribution in [3.8, 4) is 0 Å². The molecule has 2 atom stereocenters. The Morgan fingerprint density at radius 1 is 1.11 bits per heavy atom. The topological polar surface area (TPSA) is 43.8 Å². The van der Waals surface area contributed by atoms with Gasteiger partial charge in [0.15, 0.2) is 0 Å². The molecule has 1 aliphatic carbocycles. The molecule has 0 unspecified atom stereocenters. The predicted molar refractivity (Wildman–Crippen MR) is 111 cm³/mol. The number of aliphatic hydroxyl groups is 1. The SMILES string of the molecule is Cc1ccc(CC(=O)N2CCC3(CC2)c2ccccc2[C@@H](N(C)C)[C@@H]3O)cc1. The third kappa shape index (κ3) is 3.15. The summed E-state index contributed by atoms with van der Waals surface area (Å²) in [5.41, 5.74) is 4.54. The Kier molecular flexibility index (Phi) is 5.02. The first-order valence-electron chi connectivity index (χ1n) is 10.2. The maximum absolute atomic E-state index is 12.8. The number of carbonyl (C=O) groups is 1. The second-order valence-corrected chi connectivity index (χ2v) is 8.64. The molecule has 148 valence electrons. The molecule has 1 spiro atoms. The van der Waals surface area contributed by atoms with Crippen molar-refractivity contribution in [2.45, 2.75) is 43.7 Å². The summed E-state index contributed by atoms with van der Waals surface area (Å²) in [5.74, 6) is 0.184. The second-order valence-electron chi connectivity index (χ2n) is 8.64. The fourth-order valence-electron chi connectivity index (χ4n) is 5.11. The molecule has 1 fully saturated rings. The molecule has 1 heterocycles. The summed E-state index contributed by atoms with van der Waals surface area (Å²) in [4.78, 5) is 16.9. The maximum Gasteiger partial charge on any atom is 0.226 e. The number of amides is 1. The Hall–Kier alpha value is -2.17. The van der Waals surface area contributed by atoms with E-state index in [9.17, 15) is 9.90 Å². The maximum atomic E-state index is 12.8. The Morgan fingerprint density at radius 2 is 1.75 bits per heavy atom. The number of aliphatic hydroxyl groups excluding tert-OH is 1. The summed E-state index contributed by atoms with van der Waals surface area (Å²) >= 11 is 0. The molecule has 1 amide bonds. The van der Waals surface area contributed by atoms with Gasteiger partial charge in [-0.2, -0.15) is 0 Å². The molecule has 2 aromatic rings. The van der Waals surface area contributed by atoms with Crippen LogP contribution in [-0.4, -0.2) is 54.1 Å². The second kappa shape index (κ2) is 7.34. The summed E-state index contributed by atoms with van der Waals surface area (Å²) in [6.07, 6.45) is 1.64. The van der Waals surface area contributed by atoms with Crippen LogP contribution in [0.15, 0.2) is 48.5 Å².